The maximum Gasteiger partial charge on any atom is 0.261 e. The molecule has 29 heavy (non-hydrogen) atoms. The van der Waals surface area contributed by atoms with E-state index in [9.17, 15) is 9.90 Å². The van der Waals surface area contributed by atoms with Gasteiger partial charge in [-0.15, -0.1) is 0 Å². The lowest BCUT2D eigenvalue weighted by Crippen LogP contribution is -2.49. The third-order valence-electron chi connectivity index (χ3n) is 6.30. The molecule has 2 aliphatic heterocycles. The van der Waals surface area contributed by atoms with Crippen molar-refractivity contribution in [3.05, 3.63) is 69.0 Å². The number of aliphatic hydroxyl groups is 1. The SMILES string of the molecule is O=c1c2cc(Cl)c(CO)cc2nc2n1CC[C@@H]1[C@@H]2CCCN1Cc1cccnc1. The van der Waals surface area contributed by atoms with Gasteiger partial charge in [-0.1, -0.05) is 17.7 Å². The number of hydrogen-bond acceptors (Lipinski definition) is 5. The highest BCUT2D eigenvalue weighted by Crippen LogP contribution is 2.38. The van der Waals surface area contributed by atoms with Gasteiger partial charge in [0, 0.05) is 42.5 Å². The Balaban J connectivity index is 1.55. The third-order valence-corrected chi connectivity index (χ3v) is 6.66. The van der Waals surface area contributed by atoms with E-state index < -0.39 is 0 Å². The minimum Gasteiger partial charge on any atom is -0.392 e. The summed E-state index contributed by atoms with van der Waals surface area (Å²) in [5.74, 6) is 1.11. The van der Waals surface area contributed by atoms with Crippen molar-refractivity contribution >= 4 is 22.5 Å². The van der Waals surface area contributed by atoms with Gasteiger partial charge in [0.05, 0.1) is 17.5 Å². The summed E-state index contributed by atoms with van der Waals surface area (Å²) in [4.78, 5) is 24.8. The Hall–Kier alpha value is -2.28. The Morgan fingerprint density at radius 2 is 2.14 bits per heavy atom. The van der Waals surface area contributed by atoms with Gasteiger partial charge < -0.3 is 5.11 Å². The lowest BCUT2D eigenvalue weighted by Gasteiger charge is -2.44. The summed E-state index contributed by atoms with van der Waals surface area (Å²) in [5, 5.41) is 10.5. The fourth-order valence-electron chi connectivity index (χ4n) is 4.92. The highest BCUT2D eigenvalue weighted by Gasteiger charge is 2.38. The topological polar surface area (TPSA) is 71.2 Å². The van der Waals surface area contributed by atoms with Crippen LogP contribution >= 0.6 is 11.6 Å². The highest BCUT2D eigenvalue weighted by atomic mass is 35.5. The summed E-state index contributed by atoms with van der Waals surface area (Å²) in [6, 6.07) is 7.86. The Kier molecular flexibility index (Phi) is 4.86. The van der Waals surface area contributed by atoms with Crippen LogP contribution in [-0.4, -0.2) is 37.1 Å². The van der Waals surface area contributed by atoms with Gasteiger partial charge in [0.15, 0.2) is 0 Å². The molecular formula is C22H23ClN4O2. The van der Waals surface area contributed by atoms with Crippen LogP contribution in [0.25, 0.3) is 10.9 Å². The molecule has 1 aromatic carbocycles. The second-order valence-electron chi connectivity index (χ2n) is 7.98. The second kappa shape index (κ2) is 7.52. The standard InChI is InChI=1S/C22H23ClN4O2/c23-18-10-17-19(9-15(18)13-28)25-21-16-4-2-7-26(12-14-3-1-6-24-11-14)20(16)5-8-27(21)22(17)29/h1,3,6,9-11,16,20,28H,2,4-5,7-8,12-13H2/t16-,20+/m0/s1. The Bertz CT molecular complexity index is 1120. The smallest absolute Gasteiger partial charge is 0.261 e. The van der Waals surface area contributed by atoms with Crippen molar-refractivity contribution in [2.45, 2.75) is 50.9 Å². The first-order chi connectivity index (χ1) is 14.2. The average Bonchev–Trinajstić information content (AvgIpc) is 2.75. The Labute approximate surface area is 173 Å². The number of hydrogen-bond donors (Lipinski definition) is 1. The van der Waals surface area contributed by atoms with Crippen molar-refractivity contribution in [3.63, 3.8) is 0 Å². The zero-order valence-electron chi connectivity index (χ0n) is 16.1. The molecule has 150 valence electrons. The molecule has 1 fully saturated rings. The van der Waals surface area contributed by atoms with Gasteiger partial charge in [0.1, 0.15) is 5.82 Å². The van der Waals surface area contributed by atoms with Crippen molar-refractivity contribution in [2.75, 3.05) is 6.54 Å². The molecule has 0 radical (unpaired) electrons. The first-order valence-corrected chi connectivity index (χ1v) is 10.5. The summed E-state index contributed by atoms with van der Waals surface area (Å²) >= 11 is 6.22. The van der Waals surface area contributed by atoms with E-state index in [4.69, 9.17) is 16.6 Å². The van der Waals surface area contributed by atoms with Gasteiger partial charge in [0.25, 0.3) is 5.56 Å². The normalized spacial score (nSPS) is 21.7. The molecule has 2 atom stereocenters. The molecule has 0 aliphatic carbocycles. The lowest BCUT2D eigenvalue weighted by atomic mass is 9.83. The number of halogens is 1. The number of piperidine rings is 1. The van der Waals surface area contributed by atoms with E-state index in [1.807, 2.05) is 16.8 Å². The quantitative estimate of drug-likeness (QED) is 0.718. The molecule has 7 heteroatoms. The zero-order chi connectivity index (χ0) is 20.0. The maximum atomic E-state index is 13.2. The third kappa shape index (κ3) is 3.25. The molecule has 1 N–H and O–H groups in total. The Morgan fingerprint density at radius 1 is 1.24 bits per heavy atom. The number of aliphatic hydroxyl groups excluding tert-OH is 1. The van der Waals surface area contributed by atoms with Crippen LogP contribution in [0.4, 0.5) is 0 Å². The highest BCUT2D eigenvalue weighted by molar-refractivity contribution is 6.32. The van der Waals surface area contributed by atoms with E-state index in [0.717, 1.165) is 38.2 Å². The van der Waals surface area contributed by atoms with Crippen molar-refractivity contribution in [1.29, 1.82) is 0 Å². The van der Waals surface area contributed by atoms with E-state index in [0.29, 0.717) is 34.1 Å². The molecule has 2 aromatic heterocycles. The van der Waals surface area contributed by atoms with Crippen LogP contribution in [0.5, 0.6) is 0 Å². The number of benzene rings is 1. The molecule has 0 spiro atoms. The molecule has 4 heterocycles. The van der Waals surface area contributed by atoms with Crippen LogP contribution in [0.1, 0.15) is 42.1 Å². The number of likely N-dealkylation sites (tertiary alicyclic amines) is 1. The molecule has 5 rings (SSSR count). The predicted octanol–water partition coefficient (Wildman–Crippen LogP) is 3.09. The van der Waals surface area contributed by atoms with Crippen LogP contribution in [0.2, 0.25) is 5.02 Å². The van der Waals surface area contributed by atoms with Crippen LogP contribution in [-0.2, 0) is 19.7 Å². The molecule has 0 bridgehead atoms. The van der Waals surface area contributed by atoms with E-state index in [1.54, 1.807) is 18.3 Å². The summed E-state index contributed by atoms with van der Waals surface area (Å²) in [6.07, 6.45) is 6.78. The summed E-state index contributed by atoms with van der Waals surface area (Å²) in [6.45, 7) is 2.43. The Morgan fingerprint density at radius 3 is 2.93 bits per heavy atom. The van der Waals surface area contributed by atoms with Gasteiger partial charge in [-0.2, -0.15) is 0 Å². The van der Waals surface area contributed by atoms with Crippen molar-refractivity contribution in [2.24, 2.45) is 0 Å². The van der Waals surface area contributed by atoms with Gasteiger partial charge in [-0.25, -0.2) is 4.98 Å². The van der Waals surface area contributed by atoms with Crippen molar-refractivity contribution in [3.8, 4) is 0 Å². The molecule has 0 unspecified atom stereocenters. The van der Waals surface area contributed by atoms with Crippen LogP contribution in [0, 0.1) is 0 Å². The fraction of sp³-hybridized carbons (Fsp3) is 0.409. The molecule has 3 aromatic rings. The van der Waals surface area contributed by atoms with E-state index in [2.05, 4.69) is 16.0 Å². The largest absolute Gasteiger partial charge is 0.392 e. The molecule has 0 amide bonds. The van der Waals surface area contributed by atoms with Crippen LogP contribution in [0.15, 0.2) is 41.5 Å². The van der Waals surface area contributed by atoms with Crippen molar-refractivity contribution in [1.82, 2.24) is 19.4 Å². The average molecular weight is 411 g/mol. The molecule has 1 saturated heterocycles. The molecule has 2 aliphatic rings. The van der Waals surface area contributed by atoms with E-state index >= 15 is 0 Å². The van der Waals surface area contributed by atoms with Crippen LogP contribution in [0.3, 0.4) is 0 Å². The zero-order valence-corrected chi connectivity index (χ0v) is 16.8. The number of fused-ring (bicyclic) bond motifs is 4. The number of pyridine rings is 1. The van der Waals surface area contributed by atoms with Gasteiger partial charge >= 0.3 is 0 Å². The minimum atomic E-state index is -0.167. The first-order valence-electron chi connectivity index (χ1n) is 10.1. The van der Waals surface area contributed by atoms with Crippen molar-refractivity contribution < 1.29 is 5.11 Å². The summed E-state index contributed by atoms with van der Waals surface area (Å²) in [5.41, 5.74) is 2.41. The van der Waals surface area contributed by atoms with Gasteiger partial charge in [-0.3, -0.25) is 19.2 Å². The molecular weight excluding hydrogens is 388 g/mol. The number of nitrogens with zero attached hydrogens (tertiary/aromatic N) is 4. The molecule has 6 nitrogen and oxygen atoms in total. The predicted molar refractivity (Wildman–Crippen MR) is 112 cm³/mol. The lowest BCUT2D eigenvalue weighted by molar-refractivity contribution is 0.0888. The number of aromatic nitrogens is 3. The maximum absolute atomic E-state index is 13.2. The molecule has 0 saturated carbocycles. The van der Waals surface area contributed by atoms with E-state index in [1.165, 1.54) is 5.56 Å². The van der Waals surface area contributed by atoms with E-state index in [-0.39, 0.29) is 18.1 Å². The van der Waals surface area contributed by atoms with Gasteiger partial charge in [0.2, 0.25) is 0 Å². The second-order valence-corrected chi connectivity index (χ2v) is 8.39. The monoisotopic (exact) mass is 410 g/mol. The van der Waals surface area contributed by atoms with Crippen LogP contribution < -0.4 is 5.56 Å². The minimum absolute atomic E-state index is 0.0285. The summed E-state index contributed by atoms with van der Waals surface area (Å²) in [7, 11) is 0. The first kappa shape index (κ1) is 18.7. The van der Waals surface area contributed by atoms with Gasteiger partial charge in [-0.05, 0) is 55.1 Å². The number of rotatable bonds is 3. The summed E-state index contributed by atoms with van der Waals surface area (Å²) < 4.78 is 1.84. The fourth-order valence-corrected chi connectivity index (χ4v) is 5.14.